The highest BCUT2D eigenvalue weighted by Crippen LogP contribution is 2.03. The lowest BCUT2D eigenvalue weighted by atomic mass is 10.4. The van der Waals surface area contributed by atoms with E-state index in [1.165, 1.54) is 0 Å². The largest absolute Gasteiger partial charge is 0.383 e. The molecule has 0 fully saturated rings. The molecule has 6 heteroatoms. The fourth-order valence-electron chi connectivity index (χ4n) is 1.73. The second kappa shape index (κ2) is 6.86. The molecule has 0 bridgehead atoms. The standard InChI is InChI=1S/C13H18N4O2/c1-19-7-5-15-13(18)9-14-8-11-10-17-6-3-2-4-12(17)16-11/h2-4,6,10,14H,5,7-9H2,1H3,(H,15,18). The minimum Gasteiger partial charge on any atom is -0.383 e. The van der Waals surface area contributed by atoms with E-state index in [4.69, 9.17) is 4.74 Å². The number of ether oxygens (including phenoxy) is 1. The molecule has 1 amide bonds. The Morgan fingerprint density at radius 3 is 3.16 bits per heavy atom. The van der Waals surface area contributed by atoms with Gasteiger partial charge in [0.1, 0.15) is 5.65 Å². The molecule has 6 nitrogen and oxygen atoms in total. The first-order valence-electron chi connectivity index (χ1n) is 6.18. The van der Waals surface area contributed by atoms with Crippen LogP contribution in [0, 0.1) is 0 Å². The van der Waals surface area contributed by atoms with E-state index in [9.17, 15) is 4.79 Å². The van der Waals surface area contributed by atoms with Crippen molar-refractivity contribution in [3.8, 4) is 0 Å². The Morgan fingerprint density at radius 2 is 2.37 bits per heavy atom. The van der Waals surface area contributed by atoms with Gasteiger partial charge in [0.05, 0.1) is 18.8 Å². The van der Waals surface area contributed by atoms with Gasteiger partial charge in [0.2, 0.25) is 5.91 Å². The van der Waals surface area contributed by atoms with E-state index in [1.54, 1.807) is 7.11 Å². The first-order chi connectivity index (χ1) is 9.29. The summed E-state index contributed by atoms with van der Waals surface area (Å²) in [5.41, 5.74) is 1.82. The highest BCUT2D eigenvalue weighted by molar-refractivity contribution is 5.77. The molecule has 0 unspecified atom stereocenters. The van der Waals surface area contributed by atoms with Crippen molar-refractivity contribution in [2.45, 2.75) is 6.54 Å². The Hall–Kier alpha value is -1.92. The van der Waals surface area contributed by atoms with Gasteiger partial charge in [-0.05, 0) is 12.1 Å². The van der Waals surface area contributed by atoms with Crippen LogP contribution in [0.3, 0.4) is 0 Å². The Labute approximate surface area is 111 Å². The van der Waals surface area contributed by atoms with E-state index in [1.807, 2.05) is 35.0 Å². The number of hydrogen-bond acceptors (Lipinski definition) is 4. The highest BCUT2D eigenvalue weighted by Gasteiger charge is 2.02. The molecule has 102 valence electrons. The summed E-state index contributed by atoms with van der Waals surface area (Å²) in [6, 6.07) is 5.85. The molecule has 2 heterocycles. The highest BCUT2D eigenvalue weighted by atomic mass is 16.5. The van der Waals surface area contributed by atoms with Gasteiger partial charge >= 0.3 is 0 Å². The van der Waals surface area contributed by atoms with Crippen LogP contribution in [0.1, 0.15) is 5.69 Å². The zero-order valence-electron chi connectivity index (χ0n) is 10.9. The number of rotatable bonds is 7. The van der Waals surface area contributed by atoms with Crippen molar-refractivity contribution in [2.75, 3.05) is 26.8 Å². The van der Waals surface area contributed by atoms with Gasteiger partial charge in [-0.25, -0.2) is 4.98 Å². The number of nitrogens with zero attached hydrogens (tertiary/aromatic N) is 2. The van der Waals surface area contributed by atoms with Gasteiger partial charge in [0.15, 0.2) is 0 Å². The van der Waals surface area contributed by atoms with E-state index in [0.717, 1.165) is 11.3 Å². The maximum Gasteiger partial charge on any atom is 0.234 e. The van der Waals surface area contributed by atoms with Crippen molar-refractivity contribution in [2.24, 2.45) is 0 Å². The Morgan fingerprint density at radius 1 is 1.47 bits per heavy atom. The fourth-order valence-corrected chi connectivity index (χ4v) is 1.73. The average Bonchev–Trinajstić information content (AvgIpc) is 2.81. The molecule has 0 radical (unpaired) electrons. The van der Waals surface area contributed by atoms with E-state index in [0.29, 0.717) is 19.7 Å². The molecule has 0 aliphatic carbocycles. The zero-order chi connectivity index (χ0) is 13.5. The molecule has 0 aromatic carbocycles. The molecule has 0 saturated heterocycles. The van der Waals surface area contributed by atoms with Gasteiger partial charge in [-0.3, -0.25) is 4.79 Å². The van der Waals surface area contributed by atoms with E-state index < -0.39 is 0 Å². The predicted molar refractivity (Wildman–Crippen MR) is 71.8 cm³/mol. The van der Waals surface area contributed by atoms with Crippen molar-refractivity contribution in [3.63, 3.8) is 0 Å². The number of methoxy groups -OCH3 is 1. The quantitative estimate of drug-likeness (QED) is 0.699. The number of amides is 1. The lowest BCUT2D eigenvalue weighted by Gasteiger charge is -2.04. The zero-order valence-corrected chi connectivity index (χ0v) is 10.9. The summed E-state index contributed by atoms with van der Waals surface area (Å²) in [6.07, 6.45) is 3.90. The van der Waals surface area contributed by atoms with E-state index in [2.05, 4.69) is 15.6 Å². The molecule has 2 aromatic heterocycles. The Kier molecular flexibility index (Phi) is 4.88. The van der Waals surface area contributed by atoms with Crippen molar-refractivity contribution in [1.82, 2.24) is 20.0 Å². The predicted octanol–water partition coefficient (Wildman–Crippen LogP) is 0.187. The summed E-state index contributed by atoms with van der Waals surface area (Å²) >= 11 is 0. The maximum atomic E-state index is 11.4. The summed E-state index contributed by atoms with van der Waals surface area (Å²) in [6.45, 7) is 1.90. The molecule has 0 aliphatic heterocycles. The van der Waals surface area contributed by atoms with Crippen LogP contribution < -0.4 is 10.6 Å². The van der Waals surface area contributed by atoms with Gasteiger partial charge in [-0.2, -0.15) is 0 Å². The fraction of sp³-hybridized carbons (Fsp3) is 0.385. The third-order valence-corrected chi connectivity index (χ3v) is 2.63. The van der Waals surface area contributed by atoms with Gasteiger partial charge in [-0.15, -0.1) is 0 Å². The smallest absolute Gasteiger partial charge is 0.234 e. The minimum atomic E-state index is -0.0409. The molecule has 2 aromatic rings. The van der Waals surface area contributed by atoms with Crippen LogP contribution >= 0.6 is 0 Å². The molecule has 19 heavy (non-hydrogen) atoms. The molecule has 0 saturated carbocycles. The molecule has 0 spiro atoms. The van der Waals surface area contributed by atoms with Crippen LogP contribution in [0.2, 0.25) is 0 Å². The Bertz CT molecular complexity index is 505. The number of nitrogens with one attached hydrogen (secondary N) is 2. The van der Waals surface area contributed by atoms with Crippen LogP contribution in [0.25, 0.3) is 5.65 Å². The number of fused-ring (bicyclic) bond motifs is 1. The second-order valence-corrected chi connectivity index (χ2v) is 4.14. The number of carbonyl (C=O) groups is 1. The summed E-state index contributed by atoms with van der Waals surface area (Å²) in [5, 5.41) is 5.81. The van der Waals surface area contributed by atoms with Crippen LogP contribution in [0.15, 0.2) is 30.6 Å². The van der Waals surface area contributed by atoms with Crippen LogP contribution in [0.5, 0.6) is 0 Å². The van der Waals surface area contributed by atoms with Gasteiger partial charge < -0.3 is 19.8 Å². The molecule has 2 N–H and O–H groups in total. The summed E-state index contributed by atoms with van der Waals surface area (Å²) < 4.78 is 6.81. The third kappa shape index (κ3) is 4.04. The maximum absolute atomic E-state index is 11.4. The van der Waals surface area contributed by atoms with Gasteiger partial charge in [-0.1, -0.05) is 6.07 Å². The summed E-state index contributed by atoms with van der Waals surface area (Å²) in [7, 11) is 1.60. The van der Waals surface area contributed by atoms with Crippen molar-refractivity contribution >= 4 is 11.6 Å². The van der Waals surface area contributed by atoms with Crippen molar-refractivity contribution < 1.29 is 9.53 Å². The minimum absolute atomic E-state index is 0.0409. The third-order valence-electron chi connectivity index (χ3n) is 2.63. The average molecular weight is 262 g/mol. The number of pyridine rings is 1. The van der Waals surface area contributed by atoms with E-state index in [-0.39, 0.29) is 12.5 Å². The lowest BCUT2D eigenvalue weighted by molar-refractivity contribution is -0.120. The first-order valence-corrected chi connectivity index (χ1v) is 6.18. The molecule has 0 atom stereocenters. The van der Waals surface area contributed by atoms with Crippen molar-refractivity contribution in [3.05, 3.63) is 36.3 Å². The SMILES string of the molecule is COCCNC(=O)CNCc1cn2ccccc2n1. The number of aromatic nitrogens is 2. The van der Waals surface area contributed by atoms with Gasteiger partial charge in [0.25, 0.3) is 0 Å². The topological polar surface area (TPSA) is 67.7 Å². The number of carbonyl (C=O) groups excluding carboxylic acids is 1. The van der Waals surface area contributed by atoms with Gasteiger partial charge in [0, 0.05) is 32.6 Å². The summed E-state index contributed by atoms with van der Waals surface area (Å²) in [5.74, 6) is -0.0409. The summed E-state index contributed by atoms with van der Waals surface area (Å²) in [4.78, 5) is 15.9. The Balaban J connectivity index is 1.74. The van der Waals surface area contributed by atoms with Crippen LogP contribution in [-0.2, 0) is 16.1 Å². The normalized spacial score (nSPS) is 10.8. The van der Waals surface area contributed by atoms with Crippen LogP contribution in [-0.4, -0.2) is 42.1 Å². The lowest BCUT2D eigenvalue weighted by Crippen LogP contribution is -2.35. The number of imidazole rings is 1. The first kappa shape index (κ1) is 13.5. The van der Waals surface area contributed by atoms with Crippen LogP contribution in [0.4, 0.5) is 0 Å². The molecular weight excluding hydrogens is 244 g/mol. The monoisotopic (exact) mass is 262 g/mol. The van der Waals surface area contributed by atoms with E-state index >= 15 is 0 Å². The number of hydrogen-bond donors (Lipinski definition) is 2. The van der Waals surface area contributed by atoms with Crippen molar-refractivity contribution in [1.29, 1.82) is 0 Å². The molecular formula is C13H18N4O2. The second-order valence-electron chi connectivity index (χ2n) is 4.14. The molecule has 0 aliphatic rings. The molecule has 2 rings (SSSR count).